The molecule has 1 rings (SSSR count). The smallest absolute Gasteiger partial charge is 0.0196 e. The minimum absolute atomic E-state index is 0.379. The topological polar surface area (TPSA) is 15.3 Å². The van der Waals surface area contributed by atoms with Crippen molar-refractivity contribution in [3.05, 3.63) is 0 Å². The van der Waals surface area contributed by atoms with Gasteiger partial charge >= 0.3 is 0 Å². The average molecular weight is 212 g/mol. The normalized spacial score (nSPS) is 31.6. The molecule has 1 heterocycles. The number of nitrogens with zero attached hydrogens (tertiary/aromatic N) is 1. The van der Waals surface area contributed by atoms with Crippen LogP contribution in [0, 0.1) is 5.41 Å². The van der Waals surface area contributed by atoms with Gasteiger partial charge in [-0.25, -0.2) is 0 Å². The summed E-state index contributed by atoms with van der Waals surface area (Å²) in [5, 5.41) is 3.61. The third-order valence-corrected chi connectivity index (χ3v) is 3.94. The zero-order valence-corrected chi connectivity index (χ0v) is 11.3. The number of piperazine rings is 1. The number of hydrogen-bond acceptors (Lipinski definition) is 2. The molecule has 0 radical (unpaired) electrons. The first-order valence-corrected chi connectivity index (χ1v) is 6.35. The lowest BCUT2D eigenvalue weighted by Gasteiger charge is -2.46. The van der Waals surface area contributed by atoms with Gasteiger partial charge in [0.05, 0.1) is 0 Å². The molecular formula is C13H28N2. The quantitative estimate of drug-likeness (QED) is 0.756. The summed E-state index contributed by atoms with van der Waals surface area (Å²) < 4.78 is 0. The maximum Gasteiger partial charge on any atom is 0.0196 e. The van der Waals surface area contributed by atoms with Crippen LogP contribution in [0.2, 0.25) is 0 Å². The summed E-state index contributed by atoms with van der Waals surface area (Å²) >= 11 is 0. The molecule has 3 atom stereocenters. The molecule has 2 nitrogen and oxygen atoms in total. The fourth-order valence-electron chi connectivity index (χ4n) is 2.26. The molecule has 0 aromatic rings. The molecule has 1 N–H and O–H groups in total. The molecule has 90 valence electrons. The van der Waals surface area contributed by atoms with E-state index < -0.39 is 0 Å². The third-order valence-electron chi connectivity index (χ3n) is 3.94. The standard InChI is InChI=1S/C13H28N2/c1-7-12-9-15(10(2)8-14-12)11(3)13(4,5)6/h10-12,14H,7-9H2,1-6H3. The van der Waals surface area contributed by atoms with E-state index in [0.717, 1.165) is 6.54 Å². The number of hydrogen-bond donors (Lipinski definition) is 1. The van der Waals surface area contributed by atoms with E-state index in [2.05, 4.69) is 51.8 Å². The molecule has 0 spiro atoms. The Morgan fingerprint density at radius 1 is 1.40 bits per heavy atom. The second-order valence-electron chi connectivity index (χ2n) is 6.10. The van der Waals surface area contributed by atoms with Crippen LogP contribution in [0.1, 0.15) is 48.0 Å². The van der Waals surface area contributed by atoms with Crippen LogP contribution in [0.15, 0.2) is 0 Å². The highest BCUT2D eigenvalue weighted by molar-refractivity contribution is 4.89. The molecule has 0 aromatic carbocycles. The Bertz CT molecular complexity index is 195. The van der Waals surface area contributed by atoms with Gasteiger partial charge in [-0.3, -0.25) is 4.90 Å². The van der Waals surface area contributed by atoms with E-state index >= 15 is 0 Å². The Kier molecular flexibility index (Phi) is 4.19. The molecule has 15 heavy (non-hydrogen) atoms. The van der Waals surface area contributed by atoms with Crippen LogP contribution in [0.4, 0.5) is 0 Å². The highest BCUT2D eigenvalue weighted by Crippen LogP contribution is 2.27. The van der Waals surface area contributed by atoms with E-state index in [4.69, 9.17) is 0 Å². The van der Waals surface area contributed by atoms with Crippen molar-refractivity contribution < 1.29 is 0 Å². The van der Waals surface area contributed by atoms with E-state index in [9.17, 15) is 0 Å². The molecule has 0 aromatic heterocycles. The van der Waals surface area contributed by atoms with Crippen LogP contribution in [0.25, 0.3) is 0 Å². The van der Waals surface area contributed by atoms with Gasteiger partial charge in [0.2, 0.25) is 0 Å². The first-order valence-electron chi connectivity index (χ1n) is 6.35. The Morgan fingerprint density at radius 2 is 2.00 bits per heavy atom. The van der Waals surface area contributed by atoms with E-state index in [1.54, 1.807) is 0 Å². The first-order chi connectivity index (χ1) is 6.86. The van der Waals surface area contributed by atoms with Crippen LogP contribution in [0.3, 0.4) is 0 Å². The molecular weight excluding hydrogens is 184 g/mol. The molecule has 1 aliphatic rings. The maximum absolute atomic E-state index is 3.61. The van der Waals surface area contributed by atoms with Crippen LogP contribution in [-0.4, -0.2) is 36.1 Å². The molecule has 3 unspecified atom stereocenters. The van der Waals surface area contributed by atoms with Crippen LogP contribution >= 0.6 is 0 Å². The summed E-state index contributed by atoms with van der Waals surface area (Å²) in [7, 11) is 0. The maximum atomic E-state index is 3.61. The largest absolute Gasteiger partial charge is 0.311 e. The second-order valence-corrected chi connectivity index (χ2v) is 6.10. The molecule has 1 aliphatic heterocycles. The molecule has 0 saturated carbocycles. The van der Waals surface area contributed by atoms with E-state index in [-0.39, 0.29) is 0 Å². The van der Waals surface area contributed by atoms with Crippen LogP contribution in [0.5, 0.6) is 0 Å². The Balaban J connectivity index is 2.65. The van der Waals surface area contributed by atoms with Crippen molar-refractivity contribution in [2.45, 2.75) is 66.1 Å². The summed E-state index contributed by atoms with van der Waals surface area (Å²) in [6, 6.07) is 2.01. The second kappa shape index (κ2) is 4.84. The molecule has 0 aliphatic carbocycles. The Hall–Kier alpha value is -0.0800. The van der Waals surface area contributed by atoms with E-state index in [0.29, 0.717) is 23.5 Å². The van der Waals surface area contributed by atoms with Gasteiger partial charge in [0.1, 0.15) is 0 Å². The van der Waals surface area contributed by atoms with Crippen molar-refractivity contribution in [1.29, 1.82) is 0 Å². The predicted octanol–water partition coefficient (Wildman–Crippen LogP) is 2.49. The first kappa shape index (κ1) is 13.0. The monoisotopic (exact) mass is 212 g/mol. The molecule has 1 saturated heterocycles. The molecule has 0 bridgehead atoms. The van der Waals surface area contributed by atoms with E-state index in [1.165, 1.54) is 13.0 Å². The van der Waals surface area contributed by atoms with Gasteiger partial charge < -0.3 is 5.32 Å². The zero-order chi connectivity index (χ0) is 11.6. The van der Waals surface area contributed by atoms with Gasteiger partial charge in [0, 0.05) is 31.2 Å². The highest BCUT2D eigenvalue weighted by Gasteiger charge is 2.33. The van der Waals surface area contributed by atoms with Gasteiger partial charge in [-0.15, -0.1) is 0 Å². The number of nitrogens with one attached hydrogen (secondary N) is 1. The zero-order valence-electron chi connectivity index (χ0n) is 11.3. The third kappa shape index (κ3) is 3.18. The van der Waals surface area contributed by atoms with Crippen molar-refractivity contribution in [3.63, 3.8) is 0 Å². The van der Waals surface area contributed by atoms with Gasteiger partial charge in [0.25, 0.3) is 0 Å². The number of rotatable bonds is 2. The van der Waals surface area contributed by atoms with Crippen molar-refractivity contribution in [2.24, 2.45) is 5.41 Å². The fourth-order valence-corrected chi connectivity index (χ4v) is 2.26. The fraction of sp³-hybridized carbons (Fsp3) is 1.00. The SMILES string of the molecule is CCC1CN(C(C)C(C)(C)C)C(C)CN1. The van der Waals surface area contributed by atoms with Gasteiger partial charge in [-0.05, 0) is 25.7 Å². The Labute approximate surface area is 95.4 Å². The summed E-state index contributed by atoms with van der Waals surface area (Å²) in [5.41, 5.74) is 0.379. The summed E-state index contributed by atoms with van der Waals surface area (Å²) in [5.74, 6) is 0. The van der Waals surface area contributed by atoms with Crippen molar-refractivity contribution in [2.75, 3.05) is 13.1 Å². The highest BCUT2D eigenvalue weighted by atomic mass is 15.3. The van der Waals surface area contributed by atoms with Crippen molar-refractivity contribution in [3.8, 4) is 0 Å². The lowest BCUT2D eigenvalue weighted by molar-refractivity contribution is 0.0422. The van der Waals surface area contributed by atoms with E-state index in [1.807, 2.05) is 0 Å². The summed E-state index contributed by atoms with van der Waals surface area (Å²) in [4.78, 5) is 2.67. The van der Waals surface area contributed by atoms with Crippen molar-refractivity contribution in [1.82, 2.24) is 10.2 Å². The van der Waals surface area contributed by atoms with Gasteiger partial charge in [0.15, 0.2) is 0 Å². The van der Waals surface area contributed by atoms with Crippen LogP contribution in [-0.2, 0) is 0 Å². The lowest BCUT2D eigenvalue weighted by Crippen LogP contribution is -2.60. The van der Waals surface area contributed by atoms with Gasteiger partial charge in [-0.2, -0.15) is 0 Å². The minimum atomic E-state index is 0.379. The van der Waals surface area contributed by atoms with Gasteiger partial charge in [-0.1, -0.05) is 27.7 Å². The predicted molar refractivity (Wildman–Crippen MR) is 67.2 cm³/mol. The lowest BCUT2D eigenvalue weighted by atomic mass is 9.85. The van der Waals surface area contributed by atoms with Crippen LogP contribution < -0.4 is 5.32 Å². The average Bonchev–Trinajstić information content (AvgIpc) is 2.16. The molecule has 0 amide bonds. The molecule has 2 heteroatoms. The summed E-state index contributed by atoms with van der Waals surface area (Å²) in [6.07, 6.45) is 1.24. The van der Waals surface area contributed by atoms with Crippen molar-refractivity contribution >= 4 is 0 Å². The summed E-state index contributed by atoms with van der Waals surface area (Å²) in [6.45, 7) is 16.3. The molecule has 1 fully saturated rings. The minimum Gasteiger partial charge on any atom is -0.311 e. The Morgan fingerprint density at radius 3 is 2.47 bits per heavy atom.